The number of aliphatic hydroxyl groups is 1. The SMILES string of the molecule is CC(C)(C)c1ccc(-c2nnc3n2CN(CCO)CS3)cc1. The van der Waals surface area contributed by atoms with Crippen LogP contribution in [0.4, 0.5) is 0 Å². The first kappa shape index (κ1) is 15.5. The molecule has 0 saturated carbocycles. The fourth-order valence-corrected chi connectivity index (χ4v) is 3.43. The Labute approximate surface area is 135 Å². The molecule has 0 aliphatic carbocycles. The van der Waals surface area contributed by atoms with Crippen LogP contribution in [0.5, 0.6) is 0 Å². The fourth-order valence-electron chi connectivity index (χ4n) is 2.52. The van der Waals surface area contributed by atoms with Gasteiger partial charge in [0, 0.05) is 12.1 Å². The smallest absolute Gasteiger partial charge is 0.193 e. The molecule has 1 N–H and O–H groups in total. The van der Waals surface area contributed by atoms with Crippen LogP contribution in [0, 0.1) is 0 Å². The van der Waals surface area contributed by atoms with Crippen LogP contribution in [0.25, 0.3) is 11.4 Å². The van der Waals surface area contributed by atoms with Crippen molar-refractivity contribution < 1.29 is 5.11 Å². The third kappa shape index (κ3) is 3.04. The summed E-state index contributed by atoms with van der Waals surface area (Å²) in [5, 5.41) is 18.7. The molecule has 5 nitrogen and oxygen atoms in total. The Morgan fingerprint density at radius 3 is 2.55 bits per heavy atom. The second-order valence-corrected chi connectivity index (χ2v) is 7.51. The number of β-amino-alcohol motifs (C(OH)–C–C–N with tert-alkyl or cyclic N) is 1. The minimum atomic E-state index is 0.149. The largest absolute Gasteiger partial charge is 0.395 e. The molecule has 0 fully saturated rings. The summed E-state index contributed by atoms with van der Waals surface area (Å²) in [6.45, 7) is 8.21. The highest BCUT2D eigenvalue weighted by atomic mass is 32.2. The van der Waals surface area contributed by atoms with Crippen molar-refractivity contribution in [1.82, 2.24) is 19.7 Å². The van der Waals surface area contributed by atoms with E-state index in [-0.39, 0.29) is 12.0 Å². The Hall–Kier alpha value is -1.37. The van der Waals surface area contributed by atoms with E-state index in [9.17, 15) is 0 Å². The number of hydrogen-bond acceptors (Lipinski definition) is 5. The van der Waals surface area contributed by atoms with E-state index < -0.39 is 0 Å². The lowest BCUT2D eigenvalue weighted by molar-refractivity contribution is 0.178. The standard InChI is InChI=1S/C16H22N4OS/c1-16(2,3)13-6-4-12(5-7-13)14-17-18-15-20(14)10-19(8-9-21)11-22-15/h4-7,21H,8-11H2,1-3H3. The van der Waals surface area contributed by atoms with Crippen molar-refractivity contribution in [2.75, 3.05) is 19.0 Å². The van der Waals surface area contributed by atoms with Gasteiger partial charge in [0.05, 0.1) is 19.2 Å². The number of thioether (sulfide) groups is 1. The van der Waals surface area contributed by atoms with Gasteiger partial charge in [-0.05, 0) is 11.0 Å². The highest BCUT2D eigenvalue weighted by molar-refractivity contribution is 7.99. The molecule has 22 heavy (non-hydrogen) atoms. The number of rotatable bonds is 3. The summed E-state index contributed by atoms with van der Waals surface area (Å²) in [6.07, 6.45) is 0. The Balaban J connectivity index is 1.89. The third-order valence-corrected chi connectivity index (χ3v) is 4.91. The Morgan fingerprint density at radius 1 is 1.18 bits per heavy atom. The monoisotopic (exact) mass is 318 g/mol. The minimum Gasteiger partial charge on any atom is -0.395 e. The van der Waals surface area contributed by atoms with Crippen LogP contribution in [0.1, 0.15) is 26.3 Å². The van der Waals surface area contributed by atoms with Crippen LogP contribution in [-0.2, 0) is 12.1 Å². The molecule has 118 valence electrons. The van der Waals surface area contributed by atoms with Crippen LogP contribution in [0.15, 0.2) is 29.4 Å². The fraction of sp³-hybridized carbons (Fsp3) is 0.500. The van der Waals surface area contributed by atoms with E-state index in [0.717, 1.165) is 29.1 Å². The normalized spacial score (nSPS) is 15.8. The molecule has 0 saturated heterocycles. The Bertz CT molecular complexity index is 645. The Morgan fingerprint density at radius 2 is 1.91 bits per heavy atom. The molecule has 1 aliphatic rings. The van der Waals surface area contributed by atoms with Gasteiger partial charge >= 0.3 is 0 Å². The maximum absolute atomic E-state index is 9.12. The molecule has 2 heterocycles. The van der Waals surface area contributed by atoms with Crippen LogP contribution in [0.3, 0.4) is 0 Å². The molecule has 0 amide bonds. The average Bonchev–Trinajstić information content (AvgIpc) is 2.90. The lowest BCUT2D eigenvalue weighted by atomic mass is 9.87. The van der Waals surface area contributed by atoms with E-state index in [4.69, 9.17) is 5.11 Å². The van der Waals surface area contributed by atoms with Gasteiger partial charge < -0.3 is 5.11 Å². The molecule has 0 bridgehead atoms. The van der Waals surface area contributed by atoms with E-state index in [1.165, 1.54) is 5.56 Å². The predicted octanol–water partition coefficient (Wildman–Crippen LogP) is 2.56. The van der Waals surface area contributed by atoms with Gasteiger partial charge in [0.1, 0.15) is 0 Å². The van der Waals surface area contributed by atoms with Crippen LogP contribution in [0.2, 0.25) is 0 Å². The molecule has 0 atom stereocenters. The van der Waals surface area contributed by atoms with Crippen molar-refractivity contribution in [1.29, 1.82) is 0 Å². The van der Waals surface area contributed by atoms with Gasteiger partial charge in [-0.1, -0.05) is 56.8 Å². The molecule has 0 unspecified atom stereocenters. The lowest BCUT2D eigenvalue weighted by Crippen LogP contribution is -2.32. The summed E-state index contributed by atoms with van der Waals surface area (Å²) in [7, 11) is 0. The second kappa shape index (κ2) is 6.02. The topological polar surface area (TPSA) is 54.2 Å². The molecule has 1 aromatic heterocycles. The van der Waals surface area contributed by atoms with Gasteiger partial charge in [-0.15, -0.1) is 10.2 Å². The zero-order valence-corrected chi connectivity index (χ0v) is 14.1. The van der Waals surface area contributed by atoms with Crippen molar-refractivity contribution in [3.63, 3.8) is 0 Å². The molecule has 2 aromatic rings. The van der Waals surface area contributed by atoms with Crippen molar-refractivity contribution in [3.8, 4) is 11.4 Å². The third-order valence-electron chi connectivity index (χ3n) is 3.86. The van der Waals surface area contributed by atoms with E-state index in [0.29, 0.717) is 6.54 Å². The van der Waals surface area contributed by atoms with E-state index >= 15 is 0 Å². The molecule has 1 aliphatic heterocycles. The number of hydrogen-bond donors (Lipinski definition) is 1. The number of nitrogens with zero attached hydrogens (tertiary/aromatic N) is 4. The van der Waals surface area contributed by atoms with Crippen molar-refractivity contribution >= 4 is 11.8 Å². The van der Waals surface area contributed by atoms with Crippen molar-refractivity contribution in [3.05, 3.63) is 29.8 Å². The van der Waals surface area contributed by atoms with Crippen molar-refractivity contribution in [2.24, 2.45) is 0 Å². The summed E-state index contributed by atoms with van der Waals surface area (Å²) >= 11 is 1.66. The second-order valence-electron chi connectivity index (χ2n) is 6.59. The number of benzene rings is 1. The molecule has 0 radical (unpaired) electrons. The minimum absolute atomic E-state index is 0.149. The first-order chi connectivity index (χ1) is 10.5. The molecule has 6 heteroatoms. The van der Waals surface area contributed by atoms with Gasteiger partial charge in [0.2, 0.25) is 0 Å². The van der Waals surface area contributed by atoms with Gasteiger partial charge in [-0.25, -0.2) is 0 Å². The number of aliphatic hydroxyl groups excluding tert-OH is 1. The van der Waals surface area contributed by atoms with Gasteiger partial charge in [0.15, 0.2) is 11.0 Å². The first-order valence-electron chi connectivity index (χ1n) is 7.49. The lowest BCUT2D eigenvalue weighted by Gasteiger charge is -2.27. The molecule has 1 aromatic carbocycles. The summed E-state index contributed by atoms with van der Waals surface area (Å²) in [6, 6.07) is 8.57. The van der Waals surface area contributed by atoms with E-state index in [1.807, 2.05) is 0 Å². The molecule has 0 spiro atoms. The number of aromatic nitrogens is 3. The predicted molar refractivity (Wildman–Crippen MR) is 88.7 cm³/mol. The van der Waals surface area contributed by atoms with Gasteiger partial charge in [0.25, 0.3) is 0 Å². The van der Waals surface area contributed by atoms with E-state index in [1.54, 1.807) is 11.8 Å². The summed E-state index contributed by atoms with van der Waals surface area (Å²) in [5.41, 5.74) is 2.54. The number of fused-ring (bicyclic) bond motifs is 1. The first-order valence-corrected chi connectivity index (χ1v) is 8.48. The van der Waals surface area contributed by atoms with E-state index in [2.05, 4.69) is 64.7 Å². The Kier molecular flexibility index (Phi) is 4.25. The summed E-state index contributed by atoms with van der Waals surface area (Å²) < 4.78 is 2.12. The highest BCUT2D eigenvalue weighted by Crippen LogP contribution is 2.30. The zero-order chi connectivity index (χ0) is 15.7. The van der Waals surface area contributed by atoms with Gasteiger partial charge in [-0.2, -0.15) is 0 Å². The summed E-state index contributed by atoms with van der Waals surface area (Å²) in [5.74, 6) is 1.74. The van der Waals surface area contributed by atoms with Gasteiger partial charge in [-0.3, -0.25) is 9.47 Å². The molecular weight excluding hydrogens is 296 g/mol. The van der Waals surface area contributed by atoms with Crippen LogP contribution < -0.4 is 0 Å². The van der Waals surface area contributed by atoms with Crippen LogP contribution in [-0.4, -0.2) is 43.8 Å². The maximum Gasteiger partial charge on any atom is 0.193 e. The maximum atomic E-state index is 9.12. The van der Waals surface area contributed by atoms with Crippen molar-refractivity contribution in [2.45, 2.75) is 38.0 Å². The van der Waals surface area contributed by atoms with Crippen LogP contribution >= 0.6 is 11.8 Å². The highest BCUT2D eigenvalue weighted by Gasteiger charge is 2.22. The molecule has 3 rings (SSSR count). The summed E-state index contributed by atoms with van der Waals surface area (Å²) in [4.78, 5) is 2.19. The average molecular weight is 318 g/mol. The quantitative estimate of drug-likeness (QED) is 0.942. The molecular formula is C16H22N4OS. The zero-order valence-electron chi connectivity index (χ0n) is 13.3.